The summed E-state index contributed by atoms with van der Waals surface area (Å²) in [6, 6.07) is 6.66. The molecule has 5 aromatic rings. The van der Waals surface area contributed by atoms with Crippen molar-refractivity contribution in [3.05, 3.63) is 87.3 Å². The van der Waals surface area contributed by atoms with Crippen molar-refractivity contribution in [2.24, 2.45) is 12.9 Å². The van der Waals surface area contributed by atoms with Crippen molar-refractivity contribution >= 4 is 34.8 Å². The van der Waals surface area contributed by atoms with Crippen LogP contribution in [-0.2, 0) is 11.8 Å². The molecular formula is C28H24Cl2FN9O2. The molecule has 1 aromatic carbocycles. The van der Waals surface area contributed by atoms with E-state index in [1.165, 1.54) is 52.4 Å². The summed E-state index contributed by atoms with van der Waals surface area (Å²) in [5.74, 6) is -1.52. The summed E-state index contributed by atoms with van der Waals surface area (Å²) in [6.45, 7) is -0.865. The predicted octanol–water partition coefficient (Wildman–Crippen LogP) is 5.08. The van der Waals surface area contributed by atoms with Gasteiger partial charge >= 0.3 is 0 Å². The van der Waals surface area contributed by atoms with Gasteiger partial charge in [-0.05, 0) is 37.1 Å². The number of hydrogen-bond donors (Lipinski definition) is 1. The Labute approximate surface area is 253 Å². The Balaban J connectivity index is 1.47. The first-order chi connectivity index (χ1) is 21.4. The number of hydrogen-bond acceptors (Lipinski definition) is 7. The third-order valence-corrected chi connectivity index (χ3v) is 7.66. The molecule has 1 amide bonds. The van der Waals surface area contributed by atoms with Crippen molar-refractivity contribution < 1.29 is 13.3 Å². The molecule has 42 heavy (non-hydrogen) atoms. The Kier molecular flexibility index (Phi) is 6.40. The van der Waals surface area contributed by atoms with E-state index in [-0.39, 0.29) is 44.4 Å². The van der Waals surface area contributed by atoms with E-state index in [1.54, 1.807) is 19.1 Å². The van der Waals surface area contributed by atoms with Crippen LogP contribution in [-0.4, -0.2) is 45.2 Å². The Hall–Kier alpha value is -4.42. The number of carbonyl (C=O) groups excluding carboxylic acids is 1. The molecule has 214 valence electrons. The highest BCUT2D eigenvalue weighted by molar-refractivity contribution is 6.31. The number of rotatable bonds is 3. The molecular weight excluding hydrogens is 584 g/mol. The van der Waals surface area contributed by atoms with Gasteiger partial charge in [-0.3, -0.25) is 23.8 Å². The first-order valence-corrected chi connectivity index (χ1v) is 13.7. The lowest BCUT2D eigenvalue weighted by Gasteiger charge is -2.22. The molecule has 0 radical (unpaired) electrons. The van der Waals surface area contributed by atoms with Gasteiger partial charge in [-0.2, -0.15) is 5.10 Å². The van der Waals surface area contributed by atoms with E-state index in [2.05, 4.69) is 30.7 Å². The maximum absolute atomic E-state index is 15.4. The Morgan fingerprint density at radius 2 is 2.00 bits per heavy atom. The first kappa shape index (κ1) is 24.2. The molecule has 2 bridgehead atoms. The molecule has 14 heteroatoms. The van der Waals surface area contributed by atoms with Crippen LogP contribution in [0.2, 0.25) is 10.2 Å². The monoisotopic (exact) mass is 610 g/mol. The number of pyridine rings is 1. The van der Waals surface area contributed by atoms with Gasteiger partial charge < -0.3 is 5.32 Å². The molecule has 0 saturated heterocycles. The summed E-state index contributed by atoms with van der Waals surface area (Å²) in [6.07, 6.45) is 6.90. The van der Waals surface area contributed by atoms with Gasteiger partial charge in [0.1, 0.15) is 0 Å². The van der Waals surface area contributed by atoms with E-state index in [9.17, 15) is 9.59 Å². The molecule has 1 aliphatic heterocycles. The summed E-state index contributed by atoms with van der Waals surface area (Å²) < 4.78 is 42.9. The Morgan fingerprint density at radius 1 is 1.14 bits per heavy atom. The van der Waals surface area contributed by atoms with Crippen LogP contribution in [0.15, 0.2) is 60.0 Å². The summed E-state index contributed by atoms with van der Waals surface area (Å²) in [5, 5.41) is 14.4. The van der Waals surface area contributed by atoms with Crippen molar-refractivity contribution in [3.63, 3.8) is 0 Å². The second-order valence-electron chi connectivity index (χ2n) is 9.89. The van der Waals surface area contributed by atoms with Crippen LogP contribution in [0.1, 0.15) is 42.0 Å². The zero-order valence-electron chi connectivity index (χ0n) is 25.0. The number of fused-ring (bicyclic) bond motifs is 4. The van der Waals surface area contributed by atoms with Gasteiger partial charge in [0.05, 0.1) is 63.8 Å². The van der Waals surface area contributed by atoms with Gasteiger partial charge in [-0.1, -0.05) is 41.8 Å². The Bertz CT molecular complexity index is 1990. The number of nitrogens with zero attached hydrogens (tertiary/aromatic N) is 8. The molecule has 0 unspecified atom stereocenters. The molecule has 1 N–H and O–H groups in total. The van der Waals surface area contributed by atoms with Gasteiger partial charge in [-0.25, -0.2) is 14.1 Å². The number of nitrogens with one attached hydrogen (secondary N) is 1. The number of anilines is 1. The van der Waals surface area contributed by atoms with Gasteiger partial charge in [0.25, 0.3) is 5.56 Å². The molecule has 0 spiro atoms. The minimum atomic E-state index is -2.63. The molecule has 4 aromatic heterocycles. The second-order valence-corrected chi connectivity index (χ2v) is 10.7. The fourth-order valence-electron chi connectivity index (χ4n) is 5.05. The summed E-state index contributed by atoms with van der Waals surface area (Å²) in [7, 11) is 0. The van der Waals surface area contributed by atoms with Gasteiger partial charge in [0.15, 0.2) is 11.0 Å². The summed E-state index contributed by atoms with van der Waals surface area (Å²) in [4.78, 5) is 35.7. The van der Waals surface area contributed by atoms with Crippen LogP contribution in [0.4, 0.5) is 10.1 Å². The number of halogens is 3. The minimum absolute atomic E-state index is 0.00394. The van der Waals surface area contributed by atoms with E-state index < -0.39 is 30.3 Å². The van der Waals surface area contributed by atoms with Crippen molar-refractivity contribution in [2.75, 3.05) is 5.32 Å². The zero-order valence-corrected chi connectivity index (χ0v) is 23.5. The summed E-state index contributed by atoms with van der Waals surface area (Å²) in [5.41, 5.74) is 0.948. The number of carbonyl (C=O) groups is 1. The number of aromatic nitrogens is 8. The largest absolute Gasteiger partial charge is 0.323 e. The highest BCUT2D eigenvalue weighted by Gasteiger charge is 2.25. The minimum Gasteiger partial charge on any atom is -0.323 e. The second kappa shape index (κ2) is 11.1. The van der Waals surface area contributed by atoms with Crippen LogP contribution in [0.25, 0.3) is 28.2 Å². The van der Waals surface area contributed by atoms with Gasteiger partial charge in [-0.15, -0.1) is 5.10 Å². The zero-order chi connectivity index (χ0) is 32.0. The summed E-state index contributed by atoms with van der Waals surface area (Å²) >= 11 is 12.0. The van der Waals surface area contributed by atoms with Crippen LogP contribution < -0.4 is 10.9 Å². The van der Waals surface area contributed by atoms with Crippen LogP contribution in [0.3, 0.4) is 0 Å². The van der Waals surface area contributed by atoms with E-state index in [4.69, 9.17) is 27.3 Å². The van der Waals surface area contributed by atoms with E-state index in [0.29, 0.717) is 30.5 Å². The van der Waals surface area contributed by atoms with Crippen LogP contribution in [0.5, 0.6) is 0 Å². The Morgan fingerprint density at radius 3 is 2.76 bits per heavy atom. The lowest BCUT2D eigenvalue weighted by Crippen LogP contribution is -2.27. The average molecular weight is 611 g/mol. The third-order valence-electron chi connectivity index (χ3n) is 7.20. The molecule has 11 nitrogen and oxygen atoms in total. The molecule has 0 aliphatic carbocycles. The highest BCUT2D eigenvalue weighted by Crippen LogP contribution is 2.34. The first-order valence-electron chi connectivity index (χ1n) is 14.4. The van der Waals surface area contributed by atoms with E-state index in [1.807, 2.05) is 0 Å². The lowest BCUT2D eigenvalue weighted by atomic mass is 9.97. The SMILES string of the molecule is [2H]C([2H])([2H])n1ncc2c1-c1ccnc(c1)[C@@H](n1cnc(-c3c(-n4cc(Cl)nn4)ccc(Cl)c3F)cc1=O)CCC[C@@H](C)C(=O)N2. The quantitative estimate of drug-likeness (QED) is 0.302. The maximum Gasteiger partial charge on any atom is 0.254 e. The fourth-order valence-corrected chi connectivity index (χ4v) is 5.33. The third kappa shape index (κ3) is 5.07. The predicted molar refractivity (Wildman–Crippen MR) is 155 cm³/mol. The molecule has 0 fully saturated rings. The number of amides is 1. The molecule has 5 heterocycles. The van der Waals surface area contributed by atoms with E-state index >= 15 is 4.39 Å². The fraction of sp³-hybridized carbons (Fsp3) is 0.250. The van der Waals surface area contributed by atoms with E-state index in [0.717, 1.165) is 4.68 Å². The van der Waals surface area contributed by atoms with Crippen molar-refractivity contribution in [2.45, 2.75) is 32.2 Å². The van der Waals surface area contributed by atoms with Crippen LogP contribution in [0, 0.1) is 11.7 Å². The van der Waals surface area contributed by atoms with Gasteiger partial charge in [0, 0.05) is 34.8 Å². The maximum atomic E-state index is 15.4. The van der Waals surface area contributed by atoms with Crippen molar-refractivity contribution in [1.82, 2.24) is 39.3 Å². The van der Waals surface area contributed by atoms with Crippen molar-refractivity contribution in [3.8, 4) is 28.2 Å². The standard InChI is InChI=1S/C28H24Cl2FN9O2/c1-15-4-3-5-21(18-10-16(8-9-32-18)27-20(35-28(15)42)12-34-38(27)2)39-14-33-19(11-24(39)41)25-22(7-6-17(29)26(25)31)40-13-23(30)36-37-40/h6-15,21H,3-5H2,1-2H3,(H,35,42)/t15-,21+/m1/s1/i2D3. The molecule has 6 rings (SSSR count). The highest BCUT2D eigenvalue weighted by atomic mass is 35.5. The van der Waals surface area contributed by atoms with Crippen molar-refractivity contribution in [1.29, 1.82) is 0 Å². The number of benzene rings is 1. The average Bonchev–Trinajstić information content (AvgIpc) is 3.63. The lowest BCUT2D eigenvalue weighted by molar-refractivity contribution is -0.119. The topological polar surface area (TPSA) is 125 Å². The number of aryl methyl sites for hydroxylation is 1. The van der Waals surface area contributed by atoms with Gasteiger partial charge in [0.2, 0.25) is 5.91 Å². The molecule has 0 saturated carbocycles. The molecule has 1 aliphatic rings. The normalized spacial score (nSPS) is 18.6. The molecule has 2 atom stereocenters. The smallest absolute Gasteiger partial charge is 0.254 e. The van der Waals surface area contributed by atoms with Crippen LogP contribution >= 0.6 is 23.2 Å².